The van der Waals surface area contributed by atoms with E-state index in [0.29, 0.717) is 5.15 Å². The van der Waals surface area contributed by atoms with E-state index < -0.39 is 0 Å². The Hall–Kier alpha value is -0.150. The second kappa shape index (κ2) is 7.44. The third-order valence-corrected chi connectivity index (χ3v) is 3.64. The number of halogens is 3. The van der Waals surface area contributed by atoms with E-state index in [9.17, 15) is 4.79 Å². The SMILES string of the molecule is Cc1cc(I)c[nH]c1=O.Cc1cc(I)cnc1Cl. The summed E-state index contributed by atoms with van der Waals surface area (Å²) in [5.41, 5.74) is 1.79. The average Bonchev–Trinajstić information content (AvgIpc) is 2.30. The van der Waals surface area contributed by atoms with Gasteiger partial charge in [0.25, 0.3) is 5.56 Å². The van der Waals surface area contributed by atoms with Gasteiger partial charge in [-0.3, -0.25) is 4.79 Å². The van der Waals surface area contributed by atoms with E-state index in [0.717, 1.165) is 18.3 Å². The van der Waals surface area contributed by atoms with Gasteiger partial charge in [-0.2, -0.15) is 0 Å². The van der Waals surface area contributed by atoms with Crippen LogP contribution in [-0.4, -0.2) is 9.97 Å². The van der Waals surface area contributed by atoms with E-state index in [1.165, 1.54) is 0 Å². The number of aromatic amines is 1. The number of nitrogens with one attached hydrogen (secondary N) is 1. The molecule has 96 valence electrons. The van der Waals surface area contributed by atoms with Crippen molar-refractivity contribution in [2.24, 2.45) is 0 Å². The molecule has 0 aliphatic rings. The topological polar surface area (TPSA) is 45.8 Å². The molecule has 0 unspecified atom stereocenters. The van der Waals surface area contributed by atoms with Crippen LogP contribution in [-0.2, 0) is 0 Å². The smallest absolute Gasteiger partial charge is 0.250 e. The standard InChI is InChI=1S/C6H5ClIN.C6H6INO/c1-4-2-5(8)3-9-6(4)7;1-4-2-5(7)3-8-6(4)9/h2-3H,1H3;2-3H,1H3,(H,8,9). The molecule has 0 aliphatic carbocycles. The maximum atomic E-state index is 10.7. The highest BCUT2D eigenvalue weighted by molar-refractivity contribution is 14.1. The lowest BCUT2D eigenvalue weighted by molar-refractivity contribution is 1.17. The quantitative estimate of drug-likeness (QED) is 0.451. The Morgan fingerprint density at radius 2 is 1.78 bits per heavy atom. The molecule has 0 amide bonds. The van der Waals surface area contributed by atoms with Gasteiger partial charge in [-0.15, -0.1) is 0 Å². The van der Waals surface area contributed by atoms with Crippen molar-refractivity contribution >= 4 is 56.8 Å². The maximum Gasteiger partial charge on any atom is 0.250 e. The first-order valence-electron chi connectivity index (χ1n) is 5.02. The number of aromatic nitrogens is 2. The first-order valence-corrected chi connectivity index (χ1v) is 7.56. The third-order valence-electron chi connectivity index (χ3n) is 2.03. The zero-order valence-corrected chi connectivity index (χ0v) is 14.9. The maximum absolute atomic E-state index is 10.7. The van der Waals surface area contributed by atoms with Crippen LogP contribution in [0, 0.1) is 21.0 Å². The third kappa shape index (κ3) is 5.23. The Kier molecular flexibility index (Phi) is 6.58. The molecule has 0 atom stereocenters. The Morgan fingerprint density at radius 3 is 2.22 bits per heavy atom. The van der Waals surface area contributed by atoms with Gasteiger partial charge in [0.2, 0.25) is 0 Å². The van der Waals surface area contributed by atoms with Crippen LogP contribution >= 0.6 is 56.8 Å². The van der Waals surface area contributed by atoms with Gasteiger partial charge in [0.1, 0.15) is 5.15 Å². The Balaban J connectivity index is 0.000000180. The summed E-state index contributed by atoms with van der Waals surface area (Å²) in [7, 11) is 0. The Bertz CT molecular complexity index is 599. The number of aryl methyl sites for hydroxylation is 2. The van der Waals surface area contributed by atoms with Crippen LogP contribution in [0.2, 0.25) is 5.15 Å². The van der Waals surface area contributed by atoms with E-state index in [1.54, 1.807) is 19.3 Å². The molecule has 2 rings (SSSR count). The summed E-state index contributed by atoms with van der Waals surface area (Å²) < 4.78 is 2.18. The first kappa shape index (κ1) is 15.9. The average molecular weight is 488 g/mol. The molecule has 6 heteroatoms. The summed E-state index contributed by atoms with van der Waals surface area (Å²) >= 11 is 10.0. The summed E-state index contributed by atoms with van der Waals surface area (Å²) in [4.78, 5) is 17.3. The fourth-order valence-corrected chi connectivity index (χ4v) is 2.42. The molecule has 1 N–H and O–H groups in total. The van der Waals surface area contributed by atoms with Gasteiger partial charge in [-0.05, 0) is 76.7 Å². The van der Waals surface area contributed by atoms with Crippen molar-refractivity contribution in [3.63, 3.8) is 0 Å². The van der Waals surface area contributed by atoms with Crippen molar-refractivity contribution in [1.29, 1.82) is 0 Å². The number of rotatable bonds is 0. The molecule has 18 heavy (non-hydrogen) atoms. The molecule has 0 saturated heterocycles. The van der Waals surface area contributed by atoms with Crippen LogP contribution in [0.3, 0.4) is 0 Å². The zero-order valence-electron chi connectivity index (χ0n) is 9.80. The Morgan fingerprint density at radius 1 is 1.17 bits per heavy atom. The van der Waals surface area contributed by atoms with Gasteiger partial charge in [0, 0.05) is 25.1 Å². The van der Waals surface area contributed by atoms with Crippen LogP contribution in [0.25, 0.3) is 0 Å². The summed E-state index contributed by atoms with van der Waals surface area (Å²) in [6, 6.07) is 3.84. The van der Waals surface area contributed by atoms with E-state index in [1.807, 2.05) is 19.1 Å². The molecule has 2 aromatic heterocycles. The molecule has 0 aliphatic heterocycles. The van der Waals surface area contributed by atoms with Crippen molar-refractivity contribution in [3.05, 3.63) is 58.3 Å². The number of hydrogen-bond acceptors (Lipinski definition) is 2. The number of H-pyrrole nitrogens is 1. The van der Waals surface area contributed by atoms with E-state index in [4.69, 9.17) is 11.6 Å². The summed E-state index contributed by atoms with van der Waals surface area (Å²) in [6.07, 6.45) is 3.44. The van der Waals surface area contributed by atoms with Crippen LogP contribution in [0.15, 0.2) is 29.3 Å². The van der Waals surface area contributed by atoms with Crippen molar-refractivity contribution < 1.29 is 0 Å². The van der Waals surface area contributed by atoms with Gasteiger partial charge in [-0.1, -0.05) is 11.6 Å². The molecule has 2 aromatic rings. The van der Waals surface area contributed by atoms with Crippen molar-refractivity contribution in [3.8, 4) is 0 Å². The molecule has 2 heterocycles. The lowest BCUT2D eigenvalue weighted by Crippen LogP contribution is -2.07. The molecule has 0 aromatic carbocycles. The number of nitrogens with zero attached hydrogens (tertiary/aromatic N) is 1. The zero-order chi connectivity index (χ0) is 13.7. The minimum absolute atomic E-state index is 0.00424. The summed E-state index contributed by atoms with van der Waals surface area (Å²) in [5.74, 6) is 0. The summed E-state index contributed by atoms with van der Waals surface area (Å²) in [6.45, 7) is 3.73. The van der Waals surface area contributed by atoms with Gasteiger partial charge in [0.15, 0.2) is 0 Å². The number of pyridine rings is 2. The van der Waals surface area contributed by atoms with Gasteiger partial charge in [0.05, 0.1) is 0 Å². The number of hydrogen-bond donors (Lipinski definition) is 1. The molecule has 0 saturated carbocycles. The normalized spacial score (nSPS) is 9.61. The fraction of sp³-hybridized carbons (Fsp3) is 0.167. The fourth-order valence-electron chi connectivity index (χ4n) is 1.09. The molecule has 0 spiro atoms. The van der Waals surface area contributed by atoms with Crippen LogP contribution < -0.4 is 5.56 Å². The minimum Gasteiger partial charge on any atom is -0.328 e. The predicted molar refractivity (Wildman–Crippen MR) is 91.2 cm³/mol. The lowest BCUT2D eigenvalue weighted by atomic mass is 10.3. The second-order valence-electron chi connectivity index (χ2n) is 3.59. The van der Waals surface area contributed by atoms with Crippen molar-refractivity contribution in [2.45, 2.75) is 13.8 Å². The summed E-state index contributed by atoms with van der Waals surface area (Å²) in [5, 5.41) is 0.593. The van der Waals surface area contributed by atoms with Gasteiger partial charge in [-0.25, -0.2) is 4.98 Å². The highest BCUT2D eigenvalue weighted by Gasteiger charge is 1.94. The van der Waals surface area contributed by atoms with Gasteiger partial charge < -0.3 is 4.98 Å². The van der Waals surface area contributed by atoms with E-state index >= 15 is 0 Å². The predicted octanol–water partition coefficient (Wildman–Crippen LogP) is 3.94. The molecular weight excluding hydrogens is 477 g/mol. The second-order valence-corrected chi connectivity index (χ2v) is 6.44. The monoisotopic (exact) mass is 488 g/mol. The van der Waals surface area contributed by atoms with Crippen LogP contribution in [0.1, 0.15) is 11.1 Å². The van der Waals surface area contributed by atoms with Crippen LogP contribution in [0.4, 0.5) is 0 Å². The van der Waals surface area contributed by atoms with E-state index in [2.05, 4.69) is 55.1 Å². The van der Waals surface area contributed by atoms with Crippen molar-refractivity contribution in [1.82, 2.24) is 9.97 Å². The minimum atomic E-state index is -0.00424. The first-order chi connectivity index (χ1) is 8.40. The molecule has 0 fully saturated rings. The highest BCUT2D eigenvalue weighted by atomic mass is 127. The molecule has 3 nitrogen and oxygen atoms in total. The molecule has 0 bridgehead atoms. The lowest BCUT2D eigenvalue weighted by Gasteiger charge is -1.94. The highest BCUT2D eigenvalue weighted by Crippen LogP contribution is 2.13. The van der Waals surface area contributed by atoms with Crippen molar-refractivity contribution in [2.75, 3.05) is 0 Å². The largest absolute Gasteiger partial charge is 0.328 e. The van der Waals surface area contributed by atoms with E-state index in [-0.39, 0.29) is 5.56 Å². The van der Waals surface area contributed by atoms with Gasteiger partial charge >= 0.3 is 0 Å². The van der Waals surface area contributed by atoms with Crippen LogP contribution in [0.5, 0.6) is 0 Å². The molecule has 0 radical (unpaired) electrons. The molecular formula is C12H11ClI2N2O. The Labute approximate surface area is 138 Å².